The highest BCUT2D eigenvalue weighted by molar-refractivity contribution is 7.91. The fourth-order valence-electron chi connectivity index (χ4n) is 2.15. The van der Waals surface area contributed by atoms with Crippen LogP contribution in [0.25, 0.3) is 0 Å². The minimum Gasteiger partial charge on any atom is -0.344 e. The third-order valence-corrected chi connectivity index (χ3v) is 4.80. The summed E-state index contributed by atoms with van der Waals surface area (Å²) >= 11 is 0. The third-order valence-electron chi connectivity index (χ3n) is 3.04. The van der Waals surface area contributed by atoms with Gasteiger partial charge in [-0.2, -0.15) is 0 Å². The van der Waals surface area contributed by atoms with E-state index in [1.165, 1.54) is 4.90 Å². The maximum Gasteiger partial charge on any atom is 0.311 e. The van der Waals surface area contributed by atoms with Gasteiger partial charge in [0, 0.05) is 19.1 Å². The number of nitrogens with zero attached hydrogens (tertiary/aromatic N) is 1. The standard InChI is InChI=1S/C12H22N2O4S/c1-3-6-14(7-4-2)12(16)11(15)13-10-5-8-19(17,18)9-10/h10H,3-9H2,1-2H3,(H,13,15). The first-order valence-corrected chi connectivity index (χ1v) is 8.52. The smallest absolute Gasteiger partial charge is 0.311 e. The van der Waals surface area contributed by atoms with Gasteiger partial charge in [0.2, 0.25) is 0 Å². The van der Waals surface area contributed by atoms with Crippen molar-refractivity contribution in [2.45, 2.75) is 39.2 Å². The summed E-state index contributed by atoms with van der Waals surface area (Å²) in [4.78, 5) is 25.3. The molecule has 6 nitrogen and oxygen atoms in total. The van der Waals surface area contributed by atoms with Gasteiger partial charge >= 0.3 is 11.8 Å². The van der Waals surface area contributed by atoms with E-state index >= 15 is 0 Å². The Kier molecular flexibility index (Phi) is 5.78. The summed E-state index contributed by atoms with van der Waals surface area (Å²) in [6.07, 6.45) is 1.97. The van der Waals surface area contributed by atoms with E-state index in [4.69, 9.17) is 0 Å². The predicted octanol–water partition coefficient (Wildman–Crippen LogP) is -0.0617. The molecular weight excluding hydrogens is 268 g/mol. The van der Waals surface area contributed by atoms with Gasteiger partial charge in [-0.05, 0) is 19.3 Å². The Hall–Kier alpha value is -1.11. The molecule has 1 N–H and O–H groups in total. The molecule has 0 radical (unpaired) electrons. The van der Waals surface area contributed by atoms with Crippen molar-refractivity contribution >= 4 is 21.7 Å². The molecule has 0 bridgehead atoms. The van der Waals surface area contributed by atoms with Gasteiger partial charge in [0.1, 0.15) is 0 Å². The van der Waals surface area contributed by atoms with Crippen LogP contribution in [-0.2, 0) is 19.4 Å². The van der Waals surface area contributed by atoms with E-state index in [2.05, 4.69) is 5.32 Å². The number of carbonyl (C=O) groups is 2. The van der Waals surface area contributed by atoms with Crippen LogP contribution in [0.15, 0.2) is 0 Å². The Morgan fingerprint density at radius 1 is 1.21 bits per heavy atom. The first kappa shape index (κ1) is 15.9. The summed E-state index contributed by atoms with van der Waals surface area (Å²) in [6.45, 7) is 4.97. The van der Waals surface area contributed by atoms with Gasteiger partial charge in [-0.1, -0.05) is 13.8 Å². The fourth-order valence-corrected chi connectivity index (χ4v) is 3.83. The number of rotatable bonds is 5. The zero-order valence-electron chi connectivity index (χ0n) is 11.5. The topological polar surface area (TPSA) is 83.6 Å². The Balaban J connectivity index is 2.54. The van der Waals surface area contributed by atoms with Gasteiger partial charge in [-0.3, -0.25) is 9.59 Å². The molecule has 0 spiro atoms. The summed E-state index contributed by atoms with van der Waals surface area (Å²) in [5, 5.41) is 2.52. The Labute approximate surface area is 114 Å². The highest BCUT2D eigenvalue weighted by Gasteiger charge is 2.31. The Morgan fingerprint density at radius 2 is 1.79 bits per heavy atom. The fraction of sp³-hybridized carbons (Fsp3) is 0.833. The average molecular weight is 290 g/mol. The zero-order valence-corrected chi connectivity index (χ0v) is 12.3. The molecule has 7 heteroatoms. The summed E-state index contributed by atoms with van der Waals surface area (Å²) in [5.41, 5.74) is 0. The first-order chi connectivity index (χ1) is 8.89. The zero-order chi connectivity index (χ0) is 14.5. The van der Waals surface area contributed by atoms with Crippen molar-refractivity contribution in [3.63, 3.8) is 0 Å². The van der Waals surface area contributed by atoms with Crippen LogP contribution >= 0.6 is 0 Å². The molecule has 0 aromatic heterocycles. The molecule has 1 aliphatic rings. The number of amides is 2. The summed E-state index contributed by atoms with van der Waals surface area (Å²) in [5.74, 6) is -1.23. The normalized spacial score (nSPS) is 21.1. The molecule has 0 saturated carbocycles. The minimum absolute atomic E-state index is 0.0619. The molecule has 1 heterocycles. The van der Waals surface area contributed by atoms with Crippen molar-refractivity contribution < 1.29 is 18.0 Å². The molecule has 2 amide bonds. The van der Waals surface area contributed by atoms with Crippen molar-refractivity contribution in [3.05, 3.63) is 0 Å². The lowest BCUT2D eigenvalue weighted by Gasteiger charge is -2.21. The second-order valence-electron chi connectivity index (χ2n) is 4.87. The molecule has 1 saturated heterocycles. The van der Waals surface area contributed by atoms with Gasteiger partial charge in [-0.25, -0.2) is 8.42 Å². The van der Waals surface area contributed by atoms with Crippen molar-refractivity contribution in [2.75, 3.05) is 24.6 Å². The molecule has 1 rings (SSSR count). The number of sulfone groups is 1. The minimum atomic E-state index is -3.05. The highest BCUT2D eigenvalue weighted by Crippen LogP contribution is 2.11. The van der Waals surface area contributed by atoms with Crippen molar-refractivity contribution in [3.8, 4) is 0 Å². The van der Waals surface area contributed by atoms with Crippen molar-refractivity contribution in [1.82, 2.24) is 10.2 Å². The van der Waals surface area contributed by atoms with Crippen LogP contribution in [0.4, 0.5) is 0 Å². The van der Waals surface area contributed by atoms with Crippen LogP contribution in [0.5, 0.6) is 0 Å². The lowest BCUT2D eigenvalue weighted by Crippen LogP contribution is -2.47. The molecule has 1 unspecified atom stereocenters. The Bertz CT molecular complexity index is 427. The summed E-state index contributed by atoms with van der Waals surface area (Å²) in [7, 11) is -3.05. The van der Waals surface area contributed by atoms with Gasteiger partial charge in [0.05, 0.1) is 11.5 Å². The highest BCUT2D eigenvalue weighted by atomic mass is 32.2. The molecule has 0 aromatic carbocycles. The van der Waals surface area contributed by atoms with Gasteiger partial charge in [0.15, 0.2) is 9.84 Å². The van der Waals surface area contributed by atoms with E-state index in [1.807, 2.05) is 13.8 Å². The average Bonchev–Trinajstić information content (AvgIpc) is 2.67. The van der Waals surface area contributed by atoms with Gasteiger partial charge < -0.3 is 10.2 Å². The van der Waals surface area contributed by atoms with Gasteiger partial charge in [0.25, 0.3) is 0 Å². The van der Waals surface area contributed by atoms with Crippen LogP contribution < -0.4 is 5.32 Å². The number of carbonyl (C=O) groups excluding carboxylic acids is 2. The molecular formula is C12H22N2O4S. The number of hydrogen-bond acceptors (Lipinski definition) is 4. The second kappa shape index (κ2) is 6.88. The van der Waals surface area contributed by atoms with E-state index in [-0.39, 0.29) is 11.5 Å². The lowest BCUT2D eigenvalue weighted by atomic mass is 10.2. The monoisotopic (exact) mass is 290 g/mol. The predicted molar refractivity (Wildman–Crippen MR) is 72.4 cm³/mol. The molecule has 110 valence electrons. The molecule has 1 atom stereocenters. The van der Waals surface area contributed by atoms with Crippen molar-refractivity contribution in [1.29, 1.82) is 0 Å². The first-order valence-electron chi connectivity index (χ1n) is 6.69. The van der Waals surface area contributed by atoms with E-state index in [1.54, 1.807) is 0 Å². The maximum absolute atomic E-state index is 11.9. The van der Waals surface area contributed by atoms with E-state index in [9.17, 15) is 18.0 Å². The SMILES string of the molecule is CCCN(CCC)C(=O)C(=O)NC1CCS(=O)(=O)C1. The number of hydrogen-bond donors (Lipinski definition) is 1. The van der Waals surface area contributed by atoms with E-state index in [0.29, 0.717) is 19.5 Å². The molecule has 1 fully saturated rings. The van der Waals surface area contributed by atoms with Gasteiger partial charge in [-0.15, -0.1) is 0 Å². The maximum atomic E-state index is 11.9. The summed E-state index contributed by atoms with van der Waals surface area (Å²) in [6, 6.07) is -0.424. The quantitative estimate of drug-likeness (QED) is 0.719. The second-order valence-corrected chi connectivity index (χ2v) is 7.09. The van der Waals surface area contributed by atoms with Crippen LogP contribution in [0.2, 0.25) is 0 Å². The molecule has 19 heavy (non-hydrogen) atoms. The molecule has 0 aromatic rings. The molecule has 1 aliphatic heterocycles. The summed E-state index contributed by atoms with van der Waals surface area (Å²) < 4.78 is 22.6. The van der Waals surface area contributed by atoms with Crippen molar-refractivity contribution in [2.24, 2.45) is 0 Å². The Morgan fingerprint density at radius 3 is 2.21 bits per heavy atom. The largest absolute Gasteiger partial charge is 0.344 e. The van der Waals surface area contributed by atoms with E-state index < -0.39 is 27.7 Å². The third kappa shape index (κ3) is 4.81. The van der Waals surface area contributed by atoms with Crippen LogP contribution in [0, 0.1) is 0 Å². The van der Waals surface area contributed by atoms with Crippen LogP contribution in [0.1, 0.15) is 33.1 Å². The molecule has 0 aliphatic carbocycles. The van der Waals surface area contributed by atoms with E-state index in [0.717, 1.165) is 12.8 Å². The lowest BCUT2D eigenvalue weighted by molar-refractivity contribution is -0.146. The van der Waals surface area contributed by atoms with Crippen LogP contribution in [0.3, 0.4) is 0 Å². The number of nitrogens with one attached hydrogen (secondary N) is 1. The van der Waals surface area contributed by atoms with Crippen LogP contribution in [-0.4, -0.2) is 55.8 Å².